The Morgan fingerprint density at radius 1 is 1.07 bits per heavy atom. The fraction of sp³-hybridized carbons (Fsp3) is 0.227. The van der Waals surface area contributed by atoms with E-state index in [9.17, 15) is 4.79 Å². The second kappa shape index (κ2) is 6.96. The van der Waals surface area contributed by atoms with Gasteiger partial charge in [-0.15, -0.1) is 0 Å². The van der Waals surface area contributed by atoms with Crippen LogP contribution in [0.5, 0.6) is 0 Å². The summed E-state index contributed by atoms with van der Waals surface area (Å²) in [5, 5.41) is 4.26. The average Bonchev–Trinajstić information content (AvgIpc) is 3.43. The van der Waals surface area contributed by atoms with E-state index in [0.717, 1.165) is 48.4 Å². The summed E-state index contributed by atoms with van der Waals surface area (Å²) in [6.45, 7) is 0.743. The molecule has 0 spiro atoms. The number of aromatic nitrogens is 4. The number of piperidine rings is 1. The number of nitrogens with one attached hydrogen (secondary N) is 1. The van der Waals surface area contributed by atoms with Crippen molar-refractivity contribution in [3.8, 4) is 5.69 Å². The minimum atomic E-state index is -0.0259. The van der Waals surface area contributed by atoms with Gasteiger partial charge in [0.15, 0.2) is 0 Å². The first kappa shape index (κ1) is 16.7. The lowest BCUT2D eigenvalue weighted by Crippen LogP contribution is -2.39. The van der Waals surface area contributed by atoms with Gasteiger partial charge in [0.1, 0.15) is 5.82 Å². The van der Waals surface area contributed by atoms with Crippen molar-refractivity contribution >= 4 is 16.9 Å². The van der Waals surface area contributed by atoms with Gasteiger partial charge in [0.2, 0.25) is 0 Å². The Labute approximate surface area is 162 Å². The van der Waals surface area contributed by atoms with E-state index in [2.05, 4.69) is 10.1 Å². The van der Waals surface area contributed by atoms with Crippen LogP contribution in [0.25, 0.3) is 16.7 Å². The maximum absolute atomic E-state index is 13.4. The van der Waals surface area contributed by atoms with E-state index in [1.807, 2.05) is 65.7 Å². The zero-order chi connectivity index (χ0) is 18.9. The Morgan fingerprint density at radius 2 is 2.00 bits per heavy atom. The summed E-state index contributed by atoms with van der Waals surface area (Å²) >= 11 is 0. The number of imidazole rings is 1. The predicted octanol–water partition coefficient (Wildman–Crippen LogP) is 4.12. The van der Waals surface area contributed by atoms with Gasteiger partial charge in [0.05, 0.1) is 22.8 Å². The van der Waals surface area contributed by atoms with E-state index in [0.29, 0.717) is 5.56 Å². The Hall–Kier alpha value is -3.41. The molecule has 3 heterocycles. The molecular weight excluding hydrogens is 350 g/mol. The van der Waals surface area contributed by atoms with Crippen LogP contribution in [0.4, 0.5) is 0 Å². The van der Waals surface area contributed by atoms with Gasteiger partial charge in [-0.25, -0.2) is 9.67 Å². The van der Waals surface area contributed by atoms with Crippen molar-refractivity contribution in [3.05, 3.63) is 78.4 Å². The summed E-state index contributed by atoms with van der Waals surface area (Å²) in [6.07, 6.45) is 6.64. The van der Waals surface area contributed by atoms with Crippen molar-refractivity contribution in [3.63, 3.8) is 0 Å². The summed E-state index contributed by atoms with van der Waals surface area (Å²) in [7, 11) is 0. The van der Waals surface area contributed by atoms with Gasteiger partial charge in [-0.1, -0.05) is 18.2 Å². The molecule has 28 heavy (non-hydrogen) atoms. The molecule has 0 bridgehead atoms. The normalized spacial score (nSPS) is 17.1. The smallest absolute Gasteiger partial charge is 0.254 e. The fourth-order valence-corrected chi connectivity index (χ4v) is 3.96. The van der Waals surface area contributed by atoms with Crippen molar-refractivity contribution < 1.29 is 4.79 Å². The van der Waals surface area contributed by atoms with Crippen LogP contribution in [0.15, 0.2) is 67.0 Å². The number of hydrogen-bond acceptors (Lipinski definition) is 3. The van der Waals surface area contributed by atoms with Gasteiger partial charge in [0, 0.05) is 24.5 Å². The Balaban J connectivity index is 1.48. The van der Waals surface area contributed by atoms with Gasteiger partial charge in [-0.05, 0) is 55.7 Å². The maximum atomic E-state index is 13.4. The van der Waals surface area contributed by atoms with E-state index in [1.165, 1.54) is 0 Å². The number of nitrogens with zero attached hydrogens (tertiary/aromatic N) is 4. The van der Waals surface area contributed by atoms with Gasteiger partial charge < -0.3 is 9.88 Å². The number of para-hydroxylation sites is 2. The molecule has 1 amide bonds. The number of carbonyl (C=O) groups is 1. The molecule has 1 atom stereocenters. The van der Waals surface area contributed by atoms with E-state index in [1.54, 1.807) is 10.9 Å². The first-order chi connectivity index (χ1) is 13.8. The maximum Gasteiger partial charge on any atom is 0.254 e. The minimum Gasteiger partial charge on any atom is -0.340 e. The lowest BCUT2D eigenvalue weighted by Gasteiger charge is -2.34. The molecule has 140 valence electrons. The number of fused-ring (bicyclic) bond motifs is 1. The molecule has 2 aromatic carbocycles. The molecule has 0 aliphatic carbocycles. The van der Waals surface area contributed by atoms with E-state index in [4.69, 9.17) is 4.98 Å². The molecule has 1 aliphatic rings. The van der Waals surface area contributed by atoms with Crippen LogP contribution >= 0.6 is 0 Å². The summed E-state index contributed by atoms with van der Waals surface area (Å²) in [6, 6.07) is 17.5. The molecule has 6 heteroatoms. The predicted molar refractivity (Wildman–Crippen MR) is 107 cm³/mol. The third-order valence-corrected chi connectivity index (χ3v) is 5.35. The standard InChI is InChI=1S/C22H21N5O/c28-22(16-7-5-8-17(15-16)27-14-6-12-23-27)26-13-4-3-11-20(26)21-24-18-9-1-2-10-19(18)25-21/h1-2,5-10,12,14-15,20H,3-4,11,13H2,(H,24,25)/t20-/m0/s1. The Morgan fingerprint density at radius 3 is 2.86 bits per heavy atom. The highest BCUT2D eigenvalue weighted by Gasteiger charge is 2.31. The highest BCUT2D eigenvalue weighted by molar-refractivity contribution is 5.95. The molecule has 1 aliphatic heterocycles. The fourth-order valence-electron chi connectivity index (χ4n) is 3.96. The first-order valence-corrected chi connectivity index (χ1v) is 9.65. The van der Waals surface area contributed by atoms with Crippen LogP contribution in [0.3, 0.4) is 0 Å². The highest BCUT2D eigenvalue weighted by Crippen LogP contribution is 2.32. The zero-order valence-corrected chi connectivity index (χ0v) is 15.5. The molecule has 0 unspecified atom stereocenters. The van der Waals surface area contributed by atoms with Crippen LogP contribution in [-0.4, -0.2) is 37.1 Å². The van der Waals surface area contributed by atoms with Crippen LogP contribution in [0.2, 0.25) is 0 Å². The van der Waals surface area contributed by atoms with E-state index >= 15 is 0 Å². The molecule has 2 aromatic heterocycles. The monoisotopic (exact) mass is 371 g/mol. The molecule has 4 aromatic rings. The van der Waals surface area contributed by atoms with Crippen molar-refractivity contribution in [1.29, 1.82) is 0 Å². The molecule has 1 fully saturated rings. The van der Waals surface area contributed by atoms with Crippen molar-refractivity contribution in [2.75, 3.05) is 6.54 Å². The molecule has 5 rings (SSSR count). The zero-order valence-electron chi connectivity index (χ0n) is 15.5. The van der Waals surface area contributed by atoms with Crippen molar-refractivity contribution in [1.82, 2.24) is 24.6 Å². The van der Waals surface area contributed by atoms with Gasteiger partial charge >= 0.3 is 0 Å². The van der Waals surface area contributed by atoms with E-state index < -0.39 is 0 Å². The number of likely N-dealkylation sites (tertiary alicyclic amines) is 1. The largest absolute Gasteiger partial charge is 0.340 e. The van der Waals surface area contributed by atoms with Gasteiger partial charge in [-0.3, -0.25) is 4.79 Å². The highest BCUT2D eigenvalue weighted by atomic mass is 16.2. The number of hydrogen-bond donors (Lipinski definition) is 1. The third kappa shape index (κ3) is 2.97. The number of carbonyl (C=O) groups excluding carboxylic acids is 1. The summed E-state index contributed by atoms with van der Waals surface area (Å²) in [4.78, 5) is 23.5. The quantitative estimate of drug-likeness (QED) is 0.589. The van der Waals surface area contributed by atoms with Gasteiger partial charge in [-0.2, -0.15) is 5.10 Å². The van der Waals surface area contributed by atoms with Crippen molar-refractivity contribution in [2.45, 2.75) is 25.3 Å². The number of H-pyrrole nitrogens is 1. The number of amides is 1. The topological polar surface area (TPSA) is 66.8 Å². The molecular formula is C22H21N5O. The summed E-state index contributed by atoms with van der Waals surface area (Å²) in [5.41, 5.74) is 3.51. The number of rotatable bonds is 3. The minimum absolute atomic E-state index is 0.0259. The van der Waals surface area contributed by atoms with Crippen molar-refractivity contribution in [2.24, 2.45) is 0 Å². The second-order valence-corrected chi connectivity index (χ2v) is 7.15. The molecule has 0 saturated carbocycles. The lowest BCUT2D eigenvalue weighted by atomic mass is 10.00. The molecule has 6 nitrogen and oxygen atoms in total. The summed E-state index contributed by atoms with van der Waals surface area (Å²) < 4.78 is 1.77. The third-order valence-electron chi connectivity index (χ3n) is 5.35. The molecule has 1 N–H and O–H groups in total. The average molecular weight is 371 g/mol. The summed E-state index contributed by atoms with van der Waals surface area (Å²) in [5.74, 6) is 0.914. The number of benzene rings is 2. The van der Waals surface area contributed by atoms with E-state index in [-0.39, 0.29) is 11.9 Å². The number of aromatic amines is 1. The van der Waals surface area contributed by atoms with Crippen LogP contribution < -0.4 is 0 Å². The Kier molecular flexibility index (Phi) is 4.16. The Bertz CT molecular complexity index is 1080. The van der Waals surface area contributed by atoms with Crippen LogP contribution in [0.1, 0.15) is 41.5 Å². The molecule has 0 radical (unpaired) electrons. The first-order valence-electron chi connectivity index (χ1n) is 9.65. The van der Waals surface area contributed by atoms with Crippen LogP contribution in [-0.2, 0) is 0 Å². The molecule has 1 saturated heterocycles. The van der Waals surface area contributed by atoms with Gasteiger partial charge in [0.25, 0.3) is 5.91 Å². The second-order valence-electron chi connectivity index (χ2n) is 7.15. The SMILES string of the molecule is O=C(c1cccc(-n2cccn2)c1)N1CCCC[C@H]1c1nc2ccccc2[nH]1. The van der Waals surface area contributed by atoms with Crippen LogP contribution in [0, 0.1) is 0 Å². The lowest BCUT2D eigenvalue weighted by molar-refractivity contribution is 0.0601.